The van der Waals surface area contributed by atoms with E-state index >= 15 is 0 Å². The minimum atomic E-state index is -4.41. The highest BCUT2D eigenvalue weighted by Crippen LogP contribution is 2.64. The normalized spacial score (nSPS) is 30.6. The molecule has 0 heterocycles. The lowest BCUT2D eigenvalue weighted by atomic mass is 10.6. The van der Waals surface area contributed by atoms with Crippen LogP contribution >= 0.6 is 35.3 Å². The Morgan fingerprint density at radius 1 is 0.850 bits per heavy atom. The van der Waals surface area contributed by atoms with Gasteiger partial charge in [-0.25, -0.2) is 0 Å². The molecule has 4 nitrogen and oxygen atoms in total. The van der Waals surface area contributed by atoms with Gasteiger partial charge in [0.05, 0.1) is 25.0 Å². The number of hydrogen-bond donors (Lipinski definition) is 0. The maximum atomic E-state index is 11.1. The van der Waals surface area contributed by atoms with Gasteiger partial charge < -0.3 is 0 Å². The van der Waals surface area contributed by atoms with E-state index < -0.39 is 15.2 Å². The molecule has 0 bridgehead atoms. The zero-order valence-corrected chi connectivity index (χ0v) is 15.8. The molecule has 1 fully saturated rings. The highest BCUT2D eigenvalue weighted by atomic mass is 35.7. The van der Waals surface area contributed by atoms with Crippen molar-refractivity contribution in [3.8, 4) is 0 Å². The molecule has 120 valence electrons. The zero-order valence-electron chi connectivity index (χ0n) is 12.6. The van der Waals surface area contributed by atoms with Crippen LogP contribution in [0.25, 0.3) is 0 Å². The molecule has 0 spiro atoms. The molecular formula is C12H23ClO4S3. The van der Waals surface area contributed by atoms with Crippen LogP contribution in [0.1, 0.15) is 41.5 Å². The lowest BCUT2D eigenvalue weighted by Gasteiger charge is -2.21. The summed E-state index contributed by atoms with van der Waals surface area (Å²) < 4.78 is 38.3. The lowest BCUT2D eigenvalue weighted by molar-refractivity contribution is -1.92. The van der Waals surface area contributed by atoms with E-state index in [0.29, 0.717) is 10.5 Å². The highest BCUT2D eigenvalue weighted by molar-refractivity contribution is 8.10. The molecule has 0 radical (unpaired) electrons. The largest absolute Gasteiger partial charge is 0.295 e. The van der Waals surface area contributed by atoms with E-state index in [9.17, 15) is 14.0 Å². The summed E-state index contributed by atoms with van der Waals surface area (Å²) in [5.74, 6) is 0. The molecule has 1 aliphatic carbocycles. The van der Waals surface area contributed by atoms with Crippen LogP contribution in [-0.2, 0) is 4.29 Å². The van der Waals surface area contributed by atoms with Crippen molar-refractivity contribution in [2.45, 2.75) is 72.7 Å². The first-order valence-corrected chi connectivity index (χ1v) is 10.6. The Morgan fingerprint density at radius 2 is 1.25 bits per heavy atom. The van der Waals surface area contributed by atoms with Gasteiger partial charge in [0, 0.05) is 5.25 Å². The van der Waals surface area contributed by atoms with Crippen LogP contribution in [0, 0.1) is 10.2 Å². The van der Waals surface area contributed by atoms with E-state index in [0.717, 1.165) is 0 Å². The summed E-state index contributed by atoms with van der Waals surface area (Å²) in [5, 5.41) is 0.969. The molecule has 0 aliphatic heterocycles. The van der Waals surface area contributed by atoms with Crippen LogP contribution in [0.3, 0.4) is 0 Å². The van der Waals surface area contributed by atoms with E-state index in [1.165, 1.54) is 11.8 Å². The number of halogens is 1. The molecule has 0 aromatic heterocycles. The molecule has 0 saturated heterocycles. The number of hydrogen-bond acceptors (Lipinski definition) is 7. The van der Waals surface area contributed by atoms with Crippen molar-refractivity contribution in [1.82, 2.24) is 0 Å². The van der Waals surface area contributed by atoms with Crippen molar-refractivity contribution >= 4 is 35.3 Å². The fourth-order valence-corrected chi connectivity index (χ4v) is 7.92. The molecule has 0 aromatic carbocycles. The van der Waals surface area contributed by atoms with Gasteiger partial charge in [0.25, 0.3) is 4.93 Å². The molecular weight excluding hydrogens is 340 g/mol. The Morgan fingerprint density at radius 3 is 1.50 bits per heavy atom. The molecule has 0 N–H and O–H groups in total. The molecule has 0 amide bonds. The highest BCUT2D eigenvalue weighted by Gasteiger charge is 2.77. The molecule has 8 heteroatoms. The Bertz CT molecular complexity index is 304. The smallest absolute Gasteiger partial charge is 0.183 e. The number of rotatable bonds is 8. The van der Waals surface area contributed by atoms with Crippen molar-refractivity contribution < 1.29 is 28.5 Å². The quantitative estimate of drug-likeness (QED) is 0.590. The third kappa shape index (κ3) is 5.43. The van der Waals surface area contributed by atoms with Crippen LogP contribution < -0.4 is 14.0 Å². The zero-order chi connectivity index (χ0) is 15.7. The van der Waals surface area contributed by atoms with E-state index in [1.807, 2.05) is 13.8 Å². The summed E-state index contributed by atoms with van der Waals surface area (Å²) in [6, 6.07) is 0. The summed E-state index contributed by atoms with van der Waals surface area (Å²) in [7, 11) is -4.41. The van der Waals surface area contributed by atoms with Crippen LogP contribution in [0.4, 0.5) is 0 Å². The molecule has 2 unspecified atom stereocenters. The first-order valence-electron chi connectivity index (χ1n) is 6.58. The Labute approximate surface area is 136 Å². The van der Waals surface area contributed by atoms with Gasteiger partial charge in [0.2, 0.25) is 0 Å². The second kappa shape index (κ2) is 7.17. The Balaban J connectivity index is 2.92. The minimum absolute atomic E-state index is 0.0264. The average molecular weight is 363 g/mol. The third-order valence-corrected chi connectivity index (χ3v) is 7.79. The monoisotopic (exact) mass is 362 g/mol. The molecule has 0 aromatic rings. The van der Waals surface area contributed by atoms with Gasteiger partial charge in [-0.2, -0.15) is 14.0 Å². The first kappa shape index (κ1) is 19.2. The fraction of sp³-hybridized carbons (Fsp3) is 1.00. The van der Waals surface area contributed by atoms with Gasteiger partial charge in [-0.1, -0.05) is 41.5 Å². The third-order valence-electron chi connectivity index (χ3n) is 2.43. The molecule has 1 aliphatic rings. The maximum Gasteiger partial charge on any atom is 0.295 e. The Kier molecular flexibility index (Phi) is 6.89. The molecule has 20 heavy (non-hydrogen) atoms. The Hall–Kier alpha value is 1.18. The van der Waals surface area contributed by atoms with Gasteiger partial charge in [-0.05, 0) is 10.5 Å². The fourth-order valence-electron chi connectivity index (χ4n) is 1.96. The van der Waals surface area contributed by atoms with Gasteiger partial charge in [-0.3, -0.25) is 0 Å². The second-order valence-electron chi connectivity index (χ2n) is 5.55. The van der Waals surface area contributed by atoms with Gasteiger partial charge in [0.1, 0.15) is 0 Å². The van der Waals surface area contributed by atoms with Crippen molar-refractivity contribution in [2.75, 3.05) is 0 Å². The second-order valence-corrected chi connectivity index (χ2v) is 11.7. The summed E-state index contributed by atoms with van der Waals surface area (Å²) in [4.78, 5) is -0.916. The van der Waals surface area contributed by atoms with E-state index in [2.05, 4.69) is 27.7 Å². The van der Waals surface area contributed by atoms with Crippen LogP contribution in [0.5, 0.6) is 0 Å². The van der Waals surface area contributed by atoms with Crippen LogP contribution in [0.2, 0.25) is 0 Å². The van der Waals surface area contributed by atoms with Crippen molar-refractivity contribution in [1.29, 1.82) is 0 Å². The van der Waals surface area contributed by atoms with Crippen LogP contribution in [0.15, 0.2) is 0 Å². The summed E-state index contributed by atoms with van der Waals surface area (Å²) in [6.07, 6.45) is 0. The minimum Gasteiger partial charge on any atom is -0.183 e. The summed E-state index contributed by atoms with van der Waals surface area (Å²) in [5.41, 5.74) is 0. The predicted molar refractivity (Wildman–Crippen MR) is 79.6 cm³/mol. The molecule has 1 saturated carbocycles. The lowest BCUT2D eigenvalue weighted by Crippen LogP contribution is -2.63. The first-order chi connectivity index (χ1) is 8.98. The molecule has 2 atom stereocenters. The van der Waals surface area contributed by atoms with Crippen molar-refractivity contribution in [3.63, 3.8) is 0 Å². The average Bonchev–Trinajstić information content (AvgIpc) is 2.66. The standard InChI is InChI=1S/C12H23ClO4S3/c1-7(2)18-10-11(19-8(3)4)12(10,20-9(5)6)17-13(14,15)16/h7-11H,1-6H3. The van der Waals surface area contributed by atoms with E-state index in [-0.39, 0.29) is 15.7 Å². The van der Waals surface area contributed by atoms with Gasteiger partial charge >= 0.3 is 0 Å². The van der Waals surface area contributed by atoms with Crippen LogP contribution in [-0.4, -0.2) is 31.2 Å². The summed E-state index contributed by atoms with van der Waals surface area (Å²) in [6.45, 7) is 12.2. The van der Waals surface area contributed by atoms with E-state index in [4.69, 9.17) is 4.29 Å². The van der Waals surface area contributed by atoms with Gasteiger partial charge in [-0.15, -0.1) is 35.3 Å². The molecule has 1 rings (SSSR count). The van der Waals surface area contributed by atoms with Crippen molar-refractivity contribution in [3.05, 3.63) is 0 Å². The van der Waals surface area contributed by atoms with E-state index in [1.54, 1.807) is 23.5 Å². The van der Waals surface area contributed by atoms with Crippen molar-refractivity contribution in [2.24, 2.45) is 0 Å². The number of thioether (sulfide) groups is 3. The van der Waals surface area contributed by atoms with Gasteiger partial charge in [0.15, 0.2) is 0 Å². The summed E-state index contributed by atoms with van der Waals surface area (Å²) >= 11 is 4.82. The SMILES string of the molecule is CC(C)SC1C(SC(C)C)C1(O[Cl+3]([O-])([O-])[O-])SC(C)C. The predicted octanol–water partition coefficient (Wildman–Crippen LogP) is 0.772. The topological polar surface area (TPSA) is 78.4 Å². The maximum absolute atomic E-state index is 11.1.